The van der Waals surface area contributed by atoms with Gasteiger partial charge in [0.25, 0.3) is 0 Å². The Bertz CT molecular complexity index is 533. The fourth-order valence-corrected chi connectivity index (χ4v) is 2.69. The van der Waals surface area contributed by atoms with Crippen molar-refractivity contribution >= 4 is 6.09 Å². The second kappa shape index (κ2) is 6.87. The van der Waals surface area contributed by atoms with Crippen LogP contribution in [0.5, 0.6) is 0 Å². The van der Waals surface area contributed by atoms with Crippen LogP contribution in [0, 0.1) is 5.82 Å². The summed E-state index contributed by atoms with van der Waals surface area (Å²) in [7, 11) is 0. The summed E-state index contributed by atoms with van der Waals surface area (Å²) >= 11 is 0. The molecule has 0 heterocycles. The van der Waals surface area contributed by atoms with Gasteiger partial charge >= 0.3 is 6.09 Å². The Kier molecular flexibility index (Phi) is 5.30. The van der Waals surface area contributed by atoms with Crippen LogP contribution in [0.1, 0.15) is 58.6 Å². The molecule has 4 nitrogen and oxygen atoms in total. The van der Waals surface area contributed by atoms with Gasteiger partial charge in [-0.3, -0.25) is 0 Å². The van der Waals surface area contributed by atoms with E-state index in [0.29, 0.717) is 6.54 Å². The average molecular weight is 322 g/mol. The van der Waals surface area contributed by atoms with Crippen molar-refractivity contribution in [1.82, 2.24) is 10.6 Å². The van der Waals surface area contributed by atoms with E-state index in [1.54, 1.807) is 12.1 Å². The van der Waals surface area contributed by atoms with Gasteiger partial charge in [0.05, 0.1) is 5.54 Å². The van der Waals surface area contributed by atoms with Crippen LogP contribution in [0.2, 0.25) is 0 Å². The van der Waals surface area contributed by atoms with Gasteiger partial charge in [-0.1, -0.05) is 12.1 Å². The molecule has 1 fully saturated rings. The van der Waals surface area contributed by atoms with Crippen LogP contribution in [0.3, 0.4) is 0 Å². The van der Waals surface area contributed by atoms with Gasteiger partial charge in [-0.15, -0.1) is 0 Å². The zero-order valence-electron chi connectivity index (χ0n) is 14.4. The van der Waals surface area contributed by atoms with Crippen molar-refractivity contribution in [1.29, 1.82) is 0 Å². The highest BCUT2D eigenvalue weighted by Gasteiger charge is 2.39. The molecule has 128 valence electrons. The Balaban J connectivity index is 1.89. The Labute approximate surface area is 137 Å². The summed E-state index contributed by atoms with van der Waals surface area (Å²) < 4.78 is 18.3. The molecule has 1 atom stereocenters. The van der Waals surface area contributed by atoms with Crippen molar-refractivity contribution in [3.63, 3.8) is 0 Å². The molecule has 1 aromatic rings. The number of hydrogen-bond acceptors (Lipinski definition) is 3. The van der Waals surface area contributed by atoms with Crippen LogP contribution in [0.25, 0.3) is 0 Å². The zero-order valence-corrected chi connectivity index (χ0v) is 14.4. The first kappa shape index (κ1) is 17.7. The summed E-state index contributed by atoms with van der Waals surface area (Å²) in [4.78, 5) is 12.0. The van der Waals surface area contributed by atoms with E-state index in [9.17, 15) is 9.18 Å². The van der Waals surface area contributed by atoms with Gasteiger partial charge in [-0.25, -0.2) is 9.18 Å². The first-order valence-electron chi connectivity index (χ1n) is 8.19. The van der Waals surface area contributed by atoms with Gasteiger partial charge in [0, 0.05) is 12.6 Å². The molecule has 0 aliphatic heterocycles. The minimum atomic E-state index is -0.496. The fraction of sp³-hybridized carbons (Fsp3) is 0.611. The Morgan fingerprint density at radius 1 is 1.30 bits per heavy atom. The Morgan fingerprint density at radius 3 is 2.39 bits per heavy atom. The Morgan fingerprint density at radius 2 is 1.91 bits per heavy atom. The summed E-state index contributed by atoms with van der Waals surface area (Å²) in [5, 5.41) is 6.46. The molecule has 2 rings (SSSR count). The minimum Gasteiger partial charge on any atom is -0.444 e. The predicted octanol–water partition coefficient (Wildman–Crippen LogP) is 3.92. The molecule has 23 heavy (non-hydrogen) atoms. The standard InChI is InChI=1S/C18H27FN2O2/c1-13(14-6-8-15(19)9-7-14)20-12-18(10-5-11-18)21-16(22)23-17(2,3)4/h6-9,13,20H,5,10-12H2,1-4H3,(H,21,22). The topological polar surface area (TPSA) is 50.4 Å². The molecule has 1 amide bonds. The lowest BCUT2D eigenvalue weighted by molar-refractivity contribution is 0.0379. The molecule has 5 heteroatoms. The minimum absolute atomic E-state index is 0.0912. The smallest absolute Gasteiger partial charge is 0.408 e. The average Bonchev–Trinajstić information content (AvgIpc) is 2.40. The van der Waals surface area contributed by atoms with Crippen LogP contribution in [0.4, 0.5) is 9.18 Å². The van der Waals surface area contributed by atoms with Gasteiger partial charge in [0.2, 0.25) is 0 Å². The van der Waals surface area contributed by atoms with Gasteiger partial charge in [-0.2, -0.15) is 0 Å². The molecular weight excluding hydrogens is 295 g/mol. The summed E-state index contributed by atoms with van der Waals surface area (Å²) in [5.74, 6) is -0.233. The largest absolute Gasteiger partial charge is 0.444 e. The third kappa shape index (κ3) is 5.20. The number of carbonyl (C=O) groups excluding carboxylic acids is 1. The van der Waals surface area contributed by atoms with Crippen molar-refractivity contribution in [2.24, 2.45) is 0 Å². The molecule has 1 unspecified atom stereocenters. The first-order chi connectivity index (χ1) is 10.7. The molecule has 1 saturated carbocycles. The summed E-state index contributed by atoms with van der Waals surface area (Å²) in [6, 6.07) is 6.58. The molecule has 0 spiro atoms. The number of halogens is 1. The molecular formula is C18H27FN2O2. The number of carbonyl (C=O) groups is 1. The third-order valence-corrected chi connectivity index (χ3v) is 4.19. The van der Waals surface area contributed by atoms with Gasteiger partial charge in [0.15, 0.2) is 0 Å². The van der Waals surface area contributed by atoms with Crippen LogP contribution in [0.15, 0.2) is 24.3 Å². The lowest BCUT2D eigenvalue weighted by Crippen LogP contribution is -2.60. The molecule has 0 aromatic heterocycles. The molecule has 1 aromatic carbocycles. The van der Waals surface area contributed by atoms with E-state index >= 15 is 0 Å². The van der Waals surface area contributed by atoms with E-state index in [-0.39, 0.29) is 23.5 Å². The molecule has 2 N–H and O–H groups in total. The molecule has 0 bridgehead atoms. The maximum atomic E-state index is 13.0. The van der Waals surface area contributed by atoms with E-state index in [1.807, 2.05) is 27.7 Å². The second-order valence-corrected chi connectivity index (χ2v) is 7.41. The number of benzene rings is 1. The van der Waals surface area contributed by atoms with E-state index < -0.39 is 5.60 Å². The quantitative estimate of drug-likeness (QED) is 0.864. The Hall–Kier alpha value is -1.62. The highest BCUT2D eigenvalue weighted by atomic mass is 19.1. The fourth-order valence-electron chi connectivity index (χ4n) is 2.69. The number of hydrogen-bond donors (Lipinski definition) is 2. The molecule has 1 aliphatic rings. The van der Waals surface area contributed by atoms with Gasteiger partial charge in [0.1, 0.15) is 11.4 Å². The maximum Gasteiger partial charge on any atom is 0.408 e. The van der Waals surface area contributed by atoms with E-state index in [0.717, 1.165) is 24.8 Å². The van der Waals surface area contributed by atoms with Crippen LogP contribution in [-0.2, 0) is 4.74 Å². The molecule has 0 radical (unpaired) electrons. The highest BCUT2D eigenvalue weighted by Crippen LogP contribution is 2.32. The van der Waals surface area contributed by atoms with Crippen molar-refractivity contribution in [3.05, 3.63) is 35.6 Å². The van der Waals surface area contributed by atoms with Crippen molar-refractivity contribution < 1.29 is 13.9 Å². The van der Waals surface area contributed by atoms with E-state index in [1.165, 1.54) is 12.1 Å². The third-order valence-electron chi connectivity index (χ3n) is 4.19. The van der Waals surface area contributed by atoms with E-state index in [2.05, 4.69) is 10.6 Å². The van der Waals surface area contributed by atoms with Gasteiger partial charge < -0.3 is 15.4 Å². The summed E-state index contributed by atoms with van der Waals surface area (Å²) in [6.45, 7) is 8.27. The number of amides is 1. The second-order valence-electron chi connectivity index (χ2n) is 7.41. The summed E-state index contributed by atoms with van der Waals surface area (Å²) in [6.07, 6.45) is 2.61. The van der Waals surface area contributed by atoms with Crippen LogP contribution >= 0.6 is 0 Å². The van der Waals surface area contributed by atoms with Crippen molar-refractivity contribution in [2.75, 3.05) is 6.54 Å². The SMILES string of the molecule is CC(NCC1(NC(=O)OC(C)(C)C)CCC1)c1ccc(F)cc1. The molecule has 1 aliphatic carbocycles. The predicted molar refractivity (Wildman–Crippen MR) is 88.8 cm³/mol. The van der Waals surface area contributed by atoms with Crippen LogP contribution < -0.4 is 10.6 Å². The monoisotopic (exact) mass is 322 g/mol. The van der Waals surface area contributed by atoms with Crippen molar-refractivity contribution in [2.45, 2.75) is 64.1 Å². The number of rotatable bonds is 5. The maximum absolute atomic E-state index is 13.0. The van der Waals surface area contributed by atoms with E-state index in [4.69, 9.17) is 4.74 Å². The number of alkyl carbamates (subject to hydrolysis) is 1. The zero-order chi connectivity index (χ0) is 17.1. The number of nitrogens with one attached hydrogen (secondary N) is 2. The summed E-state index contributed by atoms with van der Waals surface area (Å²) in [5.41, 5.74) is 0.290. The normalized spacial score (nSPS) is 18.0. The number of ether oxygens (including phenoxy) is 1. The van der Waals surface area contributed by atoms with Crippen molar-refractivity contribution in [3.8, 4) is 0 Å². The molecule has 0 saturated heterocycles. The first-order valence-corrected chi connectivity index (χ1v) is 8.19. The van der Waals surface area contributed by atoms with Crippen LogP contribution in [-0.4, -0.2) is 23.8 Å². The highest BCUT2D eigenvalue weighted by molar-refractivity contribution is 5.69. The van der Waals surface area contributed by atoms with Gasteiger partial charge in [-0.05, 0) is 64.7 Å². The lowest BCUT2D eigenvalue weighted by Gasteiger charge is -2.43. The lowest BCUT2D eigenvalue weighted by atomic mass is 9.76.